The molecule has 0 N–H and O–H groups in total. The molecular weight excluding hydrogens is 220 g/mol. The van der Waals surface area contributed by atoms with Gasteiger partial charge in [-0.05, 0) is 23.0 Å². The van der Waals surface area contributed by atoms with Gasteiger partial charge >= 0.3 is 10.0 Å². The van der Waals surface area contributed by atoms with E-state index in [4.69, 9.17) is 0 Å². The lowest BCUT2D eigenvalue weighted by molar-refractivity contribution is -0.613. The summed E-state index contributed by atoms with van der Waals surface area (Å²) in [6, 6.07) is 6.11. The highest BCUT2D eigenvalue weighted by Gasteiger charge is 2.29. The second-order valence-corrected chi connectivity index (χ2v) is 4.86. The molecule has 0 amide bonds. The number of benzene rings is 1. The first-order valence-corrected chi connectivity index (χ1v) is 5.50. The minimum atomic E-state index is -4.03. The summed E-state index contributed by atoms with van der Waals surface area (Å²) in [4.78, 5) is 10.3. The lowest BCUT2D eigenvalue weighted by Gasteiger charge is -2.10. The van der Waals surface area contributed by atoms with Crippen molar-refractivity contribution in [1.29, 1.82) is 0 Å². The monoisotopic (exact) mass is 230 g/mol. The number of aryl methyl sites for hydroxylation is 1. The smallest absolute Gasteiger partial charge is 0.234 e. The van der Waals surface area contributed by atoms with Gasteiger partial charge in [0, 0.05) is 0 Å². The SMILES string of the molecule is Cc1ccccc1S(=O)(=O)N(C)[N+](=O)[O-]. The Hall–Kier alpha value is -1.63. The maximum atomic E-state index is 11.7. The normalized spacial score (nSPS) is 11.1. The highest BCUT2D eigenvalue weighted by atomic mass is 32.2. The first kappa shape index (κ1) is 11.4. The molecule has 0 aliphatic carbocycles. The van der Waals surface area contributed by atoms with E-state index < -0.39 is 15.1 Å². The molecule has 1 aromatic rings. The first-order valence-electron chi connectivity index (χ1n) is 4.06. The van der Waals surface area contributed by atoms with Gasteiger partial charge in [0.25, 0.3) is 0 Å². The van der Waals surface area contributed by atoms with Gasteiger partial charge in [-0.15, -0.1) is 0 Å². The van der Waals surface area contributed by atoms with Crippen molar-refractivity contribution in [3.8, 4) is 0 Å². The largest absolute Gasteiger partial charge is 0.313 e. The van der Waals surface area contributed by atoms with Gasteiger partial charge in [-0.3, -0.25) is 0 Å². The summed E-state index contributed by atoms with van der Waals surface area (Å²) >= 11 is 0. The molecule has 0 heterocycles. The van der Waals surface area contributed by atoms with Crippen molar-refractivity contribution >= 4 is 10.0 Å². The van der Waals surface area contributed by atoms with Gasteiger partial charge in [0.2, 0.25) is 0 Å². The molecule has 0 fully saturated rings. The Morgan fingerprint density at radius 2 is 1.87 bits per heavy atom. The van der Waals surface area contributed by atoms with E-state index in [0.29, 0.717) is 5.56 Å². The topological polar surface area (TPSA) is 80.5 Å². The van der Waals surface area contributed by atoms with Crippen LogP contribution in [-0.2, 0) is 10.0 Å². The Labute approximate surface area is 87.3 Å². The molecule has 15 heavy (non-hydrogen) atoms. The molecule has 0 saturated heterocycles. The number of sulfonamides is 1. The van der Waals surface area contributed by atoms with Crippen LogP contribution in [0.2, 0.25) is 0 Å². The Morgan fingerprint density at radius 1 is 1.33 bits per heavy atom. The Morgan fingerprint density at radius 3 is 2.33 bits per heavy atom. The minimum Gasteiger partial charge on any atom is -0.234 e. The van der Waals surface area contributed by atoms with Gasteiger partial charge in [-0.25, -0.2) is 10.1 Å². The fourth-order valence-corrected chi connectivity index (χ4v) is 2.26. The number of rotatable bonds is 3. The van der Waals surface area contributed by atoms with Gasteiger partial charge in [-0.2, -0.15) is 8.42 Å². The van der Waals surface area contributed by atoms with Crippen LogP contribution in [0.4, 0.5) is 0 Å². The lowest BCUT2D eigenvalue weighted by Crippen LogP contribution is -2.32. The molecule has 0 unspecified atom stereocenters. The predicted molar refractivity (Wildman–Crippen MR) is 53.1 cm³/mol. The molecule has 0 bridgehead atoms. The average molecular weight is 230 g/mol. The summed E-state index contributed by atoms with van der Waals surface area (Å²) in [6.45, 7) is 1.58. The van der Waals surface area contributed by atoms with E-state index in [-0.39, 0.29) is 9.31 Å². The van der Waals surface area contributed by atoms with Crippen molar-refractivity contribution in [1.82, 2.24) is 4.41 Å². The van der Waals surface area contributed by atoms with Gasteiger partial charge in [0.05, 0.1) is 11.9 Å². The molecule has 82 valence electrons. The van der Waals surface area contributed by atoms with E-state index >= 15 is 0 Å². The summed E-state index contributed by atoms with van der Waals surface area (Å²) < 4.78 is 23.5. The third kappa shape index (κ3) is 2.07. The second-order valence-electron chi connectivity index (χ2n) is 2.94. The molecule has 0 aliphatic heterocycles. The third-order valence-electron chi connectivity index (χ3n) is 1.95. The van der Waals surface area contributed by atoms with Gasteiger partial charge in [0.1, 0.15) is 0 Å². The minimum absolute atomic E-state index is 0.0517. The number of nitro groups is 1. The van der Waals surface area contributed by atoms with Crippen molar-refractivity contribution in [2.75, 3.05) is 7.05 Å². The van der Waals surface area contributed by atoms with Crippen LogP contribution in [0.3, 0.4) is 0 Å². The molecule has 0 spiro atoms. The van der Waals surface area contributed by atoms with Crippen LogP contribution in [0, 0.1) is 17.0 Å². The highest BCUT2D eigenvalue weighted by Crippen LogP contribution is 2.17. The number of hydrogen-bond acceptors (Lipinski definition) is 4. The van der Waals surface area contributed by atoms with Crippen LogP contribution in [0.15, 0.2) is 29.2 Å². The summed E-state index contributed by atoms with van der Waals surface area (Å²) in [5.74, 6) is 0. The Bertz CT molecular complexity index is 483. The fourth-order valence-electron chi connectivity index (χ4n) is 1.08. The summed E-state index contributed by atoms with van der Waals surface area (Å²) in [5, 5.41) is 9.41. The van der Waals surface area contributed by atoms with Crippen molar-refractivity contribution in [2.45, 2.75) is 11.8 Å². The summed E-state index contributed by atoms with van der Waals surface area (Å²) in [7, 11) is -3.13. The van der Waals surface area contributed by atoms with Crippen LogP contribution < -0.4 is 0 Å². The Balaban J connectivity index is 3.30. The standard InChI is InChI=1S/C8H10N2O4S/c1-7-5-3-4-6-8(7)15(13,14)9(2)10(11)12/h3-6H,1-2H3. The zero-order chi connectivity index (χ0) is 11.6. The van der Waals surface area contributed by atoms with Crippen molar-refractivity contribution < 1.29 is 13.5 Å². The van der Waals surface area contributed by atoms with Crippen LogP contribution >= 0.6 is 0 Å². The lowest BCUT2D eigenvalue weighted by atomic mass is 10.2. The van der Waals surface area contributed by atoms with Gasteiger partial charge < -0.3 is 0 Å². The molecule has 0 aromatic heterocycles. The third-order valence-corrected chi connectivity index (χ3v) is 3.79. The molecule has 6 nitrogen and oxygen atoms in total. The highest BCUT2D eigenvalue weighted by molar-refractivity contribution is 7.89. The van der Waals surface area contributed by atoms with Gasteiger partial charge in [-0.1, -0.05) is 18.2 Å². The zero-order valence-electron chi connectivity index (χ0n) is 8.25. The molecule has 0 radical (unpaired) electrons. The van der Waals surface area contributed by atoms with Crippen LogP contribution in [0.1, 0.15) is 5.56 Å². The molecule has 0 saturated carbocycles. The van der Waals surface area contributed by atoms with Crippen molar-refractivity contribution in [3.63, 3.8) is 0 Å². The fraction of sp³-hybridized carbons (Fsp3) is 0.250. The predicted octanol–water partition coefficient (Wildman–Crippen LogP) is 0.807. The van der Waals surface area contributed by atoms with E-state index in [2.05, 4.69) is 0 Å². The molecular formula is C8H10N2O4S. The van der Waals surface area contributed by atoms with E-state index in [0.717, 1.165) is 7.05 Å². The quantitative estimate of drug-likeness (QED) is 0.568. The number of hydrazine groups is 1. The van der Waals surface area contributed by atoms with Gasteiger partial charge in [0.15, 0.2) is 5.03 Å². The number of hydrogen-bond donors (Lipinski definition) is 0. The van der Waals surface area contributed by atoms with Crippen molar-refractivity contribution in [2.24, 2.45) is 0 Å². The molecule has 0 aliphatic rings. The van der Waals surface area contributed by atoms with E-state index in [1.807, 2.05) is 0 Å². The molecule has 0 atom stereocenters. The summed E-state index contributed by atoms with van der Waals surface area (Å²) in [6.07, 6.45) is 0. The first-order chi connectivity index (χ1) is 6.87. The number of nitrogens with zero attached hydrogens (tertiary/aromatic N) is 2. The second kappa shape index (κ2) is 3.85. The van der Waals surface area contributed by atoms with Crippen molar-refractivity contribution in [3.05, 3.63) is 39.9 Å². The molecule has 7 heteroatoms. The Kier molecular flexibility index (Phi) is 2.94. The summed E-state index contributed by atoms with van der Waals surface area (Å²) in [5.41, 5.74) is 0.478. The molecule has 1 rings (SSSR count). The maximum Gasteiger partial charge on any atom is 0.313 e. The van der Waals surface area contributed by atoms with Crippen LogP contribution in [0.5, 0.6) is 0 Å². The maximum absolute atomic E-state index is 11.7. The molecule has 1 aromatic carbocycles. The van der Waals surface area contributed by atoms with Crippen LogP contribution in [0.25, 0.3) is 0 Å². The van der Waals surface area contributed by atoms with E-state index in [1.54, 1.807) is 19.1 Å². The van der Waals surface area contributed by atoms with E-state index in [9.17, 15) is 18.5 Å². The van der Waals surface area contributed by atoms with Crippen LogP contribution in [-0.4, -0.2) is 24.9 Å². The van der Waals surface area contributed by atoms with E-state index in [1.165, 1.54) is 12.1 Å². The average Bonchev–Trinajstić information content (AvgIpc) is 2.16. The zero-order valence-corrected chi connectivity index (χ0v) is 9.06.